The van der Waals surface area contributed by atoms with Crippen LogP contribution in [0.2, 0.25) is 0 Å². The fraction of sp³-hybridized carbons (Fsp3) is 0.273. The number of hydrogen-bond donors (Lipinski definition) is 1. The van der Waals surface area contributed by atoms with Crippen LogP contribution in [0.5, 0.6) is 0 Å². The Labute approximate surface area is 169 Å². The molecule has 28 heavy (non-hydrogen) atoms. The quantitative estimate of drug-likeness (QED) is 0.570. The minimum absolute atomic E-state index is 0.145. The summed E-state index contributed by atoms with van der Waals surface area (Å²) in [6, 6.07) is 19.7. The number of nitriles is 1. The number of aromatic amines is 1. The van der Waals surface area contributed by atoms with Crippen molar-refractivity contribution in [2.75, 3.05) is 5.75 Å². The number of ketones is 1. The number of Topliss-reactive ketones (excluding diaryl/α,β-unsaturated/α-hetero) is 1. The molecule has 0 aliphatic heterocycles. The van der Waals surface area contributed by atoms with E-state index >= 15 is 0 Å². The highest BCUT2D eigenvalue weighted by atomic mass is 32.2. The number of thioether (sulfide) groups is 1. The number of aryl methyl sites for hydroxylation is 1. The van der Waals surface area contributed by atoms with E-state index in [0.717, 1.165) is 17.5 Å². The van der Waals surface area contributed by atoms with E-state index in [1.54, 1.807) is 0 Å². The summed E-state index contributed by atoms with van der Waals surface area (Å²) in [5.74, 6) is 1.13. The molecule has 0 saturated heterocycles. The molecule has 5 nitrogen and oxygen atoms in total. The van der Waals surface area contributed by atoms with Crippen molar-refractivity contribution in [3.8, 4) is 17.5 Å². The van der Waals surface area contributed by atoms with Gasteiger partial charge in [0.05, 0.1) is 6.07 Å². The Morgan fingerprint density at radius 3 is 2.50 bits per heavy atom. The highest BCUT2D eigenvalue weighted by Crippen LogP contribution is 2.31. The number of carbonyl (C=O) groups excluding carboxylic acids is 1. The largest absolute Gasteiger partial charge is 0.298 e. The van der Waals surface area contributed by atoms with Gasteiger partial charge in [0.15, 0.2) is 11.6 Å². The summed E-state index contributed by atoms with van der Waals surface area (Å²) >= 11 is 1.44. The molecule has 1 unspecified atom stereocenters. The van der Waals surface area contributed by atoms with Crippen LogP contribution in [0.3, 0.4) is 0 Å². The molecule has 6 heteroatoms. The lowest BCUT2D eigenvalue weighted by molar-refractivity contribution is -0.120. The van der Waals surface area contributed by atoms with E-state index in [-0.39, 0.29) is 5.78 Å². The zero-order chi connectivity index (χ0) is 20.0. The van der Waals surface area contributed by atoms with E-state index in [1.807, 2.05) is 42.5 Å². The molecule has 0 radical (unpaired) electrons. The highest BCUT2D eigenvalue weighted by molar-refractivity contribution is 7.99. The summed E-state index contributed by atoms with van der Waals surface area (Å²) in [5, 5.41) is 17.6. The minimum atomic E-state index is -1.14. The Morgan fingerprint density at radius 1 is 1.18 bits per heavy atom. The van der Waals surface area contributed by atoms with Crippen molar-refractivity contribution in [1.82, 2.24) is 15.2 Å². The van der Waals surface area contributed by atoms with Crippen molar-refractivity contribution in [3.63, 3.8) is 0 Å². The number of H-pyrrole nitrogens is 1. The van der Waals surface area contributed by atoms with Crippen LogP contribution >= 0.6 is 11.8 Å². The summed E-state index contributed by atoms with van der Waals surface area (Å²) in [4.78, 5) is 16.8. The topological polar surface area (TPSA) is 82.4 Å². The van der Waals surface area contributed by atoms with Gasteiger partial charge in [-0.2, -0.15) is 5.26 Å². The van der Waals surface area contributed by atoms with E-state index in [1.165, 1.54) is 24.2 Å². The maximum absolute atomic E-state index is 12.3. The third kappa shape index (κ3) is 4.15. The first-order valence-corrected chi connectivity index (χ1v) is 10.2. The monoisotopic (exact) mass is 390 g/mol. The van der Waals surface area contributed by atoms with Gasteiger partial charge in [0.25, 0.3) is 0 Å². The van der Waals surface area contributed by atoms with Crippen LogP contribution in [0.15, 0.2) is 59.8 Å². The lowest BCUT2D eigenvalue weighted by atomic mass is 9.76. The third-order valence-electron chi connectivity index (χ3n) is 4.87. The predicted octanol–water partition coefficient (Wildman–Crippen LogP) is 4.57. The van der Waals surface area contributed by atoms with Crippen LogP contribution in [0.1, 0.15) is 31.4 Å². The van der Waals surface area contributed by atoms with Crippen molar-refractivity contribution in [1.29, 1.82) is 5.26 Å². The molecule has 1 atom stereocenters. The van der Waals surface area contributed by atoms with E-state index < -0.39 is 5.41 Å². The van der Waals surface area contributed by atoms with Crippen LogP contribution < -0.4 is 0 Å². The minimum Gasteiger partial charge on any atom is -0.298 e. The Kier molecular flexibility index (Phi) is 6.27. The molecule has 0 saturated carbocycles. The first kappa shape index (κ1) is 19.8. The van der Waals surface area contributed by atoms with Gasteiger partial charge in [-0.1, -0.05) is 73.3 Å². The molecule has 1 heterocycles. The van der Waals surface area contributed by atoms with Gasteiger partial charge in [-0.05, 0) is 30.9 Å². The van der Waals surface area contributed by atoms with Crippen molar-refractivity contribution in [2.45, 2.75) is 37.3 Å². The summed E-state index contributed by atoms with van der Waals surface area (Å²) in [5.41, 5.74) is 1.85. The van der Waals surface area contributed by atoms with E-state index in [0.29, 0.717) is 23.2 Å². The molecule has 0 aliphatic rings. The molecule has 2 aromatic carbocycles. The molecule has 1 N–H and O–H groups in total. The number of nitrogens with one attached hydrogen (secondary N) is 1. The van der Waals surface area contributed by atoms with Gasteiger partial charge in [-0.15, -0.1) is 5.10 Å². The maximum Gasteiger partial charge on any atom is 0.208 e. The molecular weight excluding hydrogens is 368 g/mol. The lowest BCUT2D eigenvalue weighted by Gasteiger charge is -2.23. The van der Waals surface area contributed by atoms with Crippen LogP contribution in [0, 0.1) is 11.3 Å². The first-order valence-electron chi connectivity index (χ1n) is 9.21. The normalized spacial score (nSPS) is 12.9. The van der Waals surface area contributed by atoms with Gasteiger partial charge in [0.1, 0.15) is 5.41 Å². The van der Waals surface area contributed by atoms with Crippen molar-refractivity contribution >= 4 is 17.5 Å². The molecule has 0 spiro atoms. The molecule has 0 aliphatic carbocycles. The zero-order valence-electron chi connectivity index (χ0n) is 16.0. The second-order valence-electron chi connectivity index (χ2n) is 6.55. The van der Waals surface area contributed by atoms with Gasteiger partial charge in [0.2, 0.25) is 5.16 Å². The molecule has 0 bridgehead atoms. The Morgan fingerprint density at radius 2 is 1.89 bits per heavy atom. The maximum atomic E-state index is 12.3. The van der Waals surface area contributed by atoms with Crippen LogP contribution in [0.25, 0.3) is 11.4 Å². The fourth-order valence-electron chi connectivity index (χ4n) is 3.08. The molecule has 3 aromatic rings. The Bertz CT molecular complexity index is 976. The number of carbonyl (C=O) groups is 1. The highest BCUT2D eigenvalue weighted by Gasteiger charge is 2.37. The molecular formula is C22H22N4OS. The van der Waals surface area contributed by atoms with Crippen LogP contribution in [-0.2, 0) is 16.6 Å². The third-order valence-corrected chi connectivity index (χ3v) is 5.72. The fourth-order valence-corrected chi connectivity index (χ4v) is 3.94. The Balaban J connectivity index is 1.69. The van der Waals surface area contributed by atoms with Crippen LogP contribution in [-0.4, -0.2) is 26.7 Å². The summed E-state index contributed by atoms with van der Waals surface area (Å²) in [6.45, 7) is 3.60. The van der Waals surface area contributed by atoms with E-state index in [2.05, 4.69) is 40.3 Å². The first-order chi connectivity index (χ1) is 13.6. The average Bonchev–Trinajstić information content (AvgIpc) is 3.21. The molecule has 0 fully saturated rings. The van der Waals surface area contributed by atoms with Crippen molar-refractivity contribution in [3.05, 3.63) is 65.7 Å². The summed E-state index contributed by atoms with van der Waals surface area (Å²) in [6.07, 6.45) is 1.40. The zero-order valence-corrected chi connectivity index (χ0v) is 16.8. The average molecular weight is 391 g/mol. The van der Waals surface area contributed by atoms with Crippen LogP contribution in [0.4, 0.5) is 0 Å². The number of nitrogens with zero attached hydrogens (tertiary/aromatic N) is 3. The smallest absolute Gasteiger partial charge is 0.208 e. The standard InChI is InChI=1S/C22H22N4OS/c1-3-17-9-11-18(12-10-17)20-24-21(26-25-20)28-14-13-22(15-23,16(2)27)19-7-5-4-6-8-19/h4-12H,3,13-14H2,1-2H3,(H,24,25,26). The van der Waals surface area contributed by atoms with Gasteiger partial charge >= 0.3 is 0 Å². The molecule has 3 rings (SSSR count). The number of aromatic nitrogens is 3. The van der Waals surface area contributed by atoms with Gasteiger partial charge in [-0.25, -0.2) is 4.98 Å². The number of benzene rings is 2. The predicted molar refractivity (Wildman–Crippen MR) is 111 cm³/mol. The van der Waals surface area contributed by atoms with Gasteiger partial charge < -0.3 is 0 Å². The van der Waals surface area contributed by atoms with Crippen molar-refractivity contribution in [2.24, 2.45) is 0 Å². The summed E-state index contributed by atoms with van der Waals surface area (Å²) < 4.78 is 0. The SMILES string of the molecule is CCc1ccc(-c2nc(SCCC(C#N)(C(C)=O)c3ccccc3)n[nH]2)cc1. The van der Waals surface area contributed by atoms with Gasteiger partial charge in [0, 0.05) is 11.3 Å². The van der Waals surface area contributed by atoms with E-state index in [9.17, 15) is 10.1 Å². The molecule has 142 valence electrons. The molecule has 1 aromatic heterocycles. The Hall–Kier alpha value is -2.91. The number of rotatable bonds is 8. The van der Waals surface area contributed by atoms with Crippen molar-refractivity contribution < 1.29 is 4.79 Å². The lowest BCUT2D eigenvalue weighted by Crippen LogP contribution is -2.33. The van der Waals surface area contributed by atoms with Gasteiger partial charge in [-0.3, -0.25) is 9.89 Å². The summed E-state index contributed by atoms with van der Waals surface area (Å²) in [7, 11) is 0. The second-order valence-corrected chi connectivity index (χ2v) is 7.62. The van der Waals surface area contributed by atoms with E-state index in [4.69, 9.17) is 0 Å². The second kappa shape index (κ2) is 8.85. The molecule has 0 amide bonds. The number of hydrogen-bond acceptors (Lipinski definition) is 5.